The van der Waals surface area contributed by atoms with E-state index in [0.717, 1.165) is 31.2 Å². The topological polar surface area (TPSA) is 93.6 Å². The first-order valence-electron chi connectivity index (χ1n) is 13.7. The van der Waals surface area contributed by atoms with E-state index in [4.69, 9.17) is 9.72 Å². The molecular weight excluding hydrogens is 523 g/mol. The quantitative estimate of drug-likeness (QED) is 0.164. The molecule has 0 N–H and O–H groups in total. The highest BCUT2D eigenvalue weighted by atomic mass is 19.1. The lowest BCUT2D eigenvalue weighted by molar-refractivity contribution is -0.122. The van der Waals surface area contributed by atoms with Crippen LogP contribution in [0.15, 0.2) is 72.8 Å². The average Bonchev–Trinajstić information content (AvgIpc) is 3.25. The van der Waals surface area contributed by atoms with Gasteiger partial charge < -0.3 is 4.74 Å². The van der Waals surface area contributed by atoms with Gasteiger partial charge >= 0.3 is 5.97 Å². The molecule has 2 aliphatic rings. The molecule has 1 aromatic heterocycles. The summed E-state index contributed by atoms with van der Waals surface area (Å²) >= 11 is 0. The van der Waals surface area contributed by atoms with Gasteiger partial charge in [0, 0.05) is 16.5 Å². The van der Waals surface area contributed by atoms with Gasteiger partial charge in [0.1, 0.15) is 5.82 Å². The fourth-order valence-electron chi connectivity index (χ4n) is 5.78. The van der Waals surface area contributed by atoms with E-state index in [2.05, 4.69) is 0 Å². The molecule has 1 saturated carbocycles. The van der Waals surface area contributed by atoms with Gasteiger partial charge in [-0.1, -0.05) is 36.6 Å². The van der Waals surface area contributed by atoms with E-state index in [1.54, 1.807) is 30.3 Å². The number of hydrogen-bond donors (Lipinski definition) is 0. The minimum absolute atomic E-state index is 0.133. The summed E-state index contributed by atoms with van der Waals surface area (Å²) in [4.78, 5) is 57.8. The van der Waals surface area contributed by atoms with Crippen LogP contribution in [-0.2, 0) is 14.3 Å². The van der Waals surface area contributed by atoms with Crippen molar-refractivity contribution in [3.63, 3.8) is 0 Å². The number of benzene rings is 3. The number of aryl methyl sites for hydroxylation is 1. The first-order valence-corrected chi connectivity index (χ1v) is 13.7. The molecular formula is C33H27FN2O5. The molecule has 2 amide bonds. The van der Waals surface area contributed by atoms with Crippen molar-refractivity contribution < 1.29 is 28.3 Å². The highest BCUT2D eigenvalue weighted by Gasteiger charge is 2.48. The van der Waals surface area contributed by atoms with Crippen molar-refractivity contribution in [1.29, 1.82) is 0 Å². The van der Waals surface area contributed by atoms with Crippen LogP contribution in [0.25, 0.3) is 22.2 Å². The Morgan fingerprint density at radius 2 is 1.56 bits per heavy atom. The van der Waals surface area contributed by atoms with Gasteiger partial charge in [0.05, 0.1) is 34.3 Å². The number of esters is 1. The fraction of sp³-hybridized carbons (Fsp3) is 0.242. The van der Waals surface area contributed by atoms with Gasteiger partial charge in [0.15, 0.2) is 12.4 Å². The SMILES string of the molecule is Cc1ccc2nc(-c3ccc(N4C(=O)[C@H]5CCCC[C@H]5C4=O)cc3)cc(C(=O)OCC(=O)c3ccc(F)cc3)c2c1. The maximum atomic E-state index is 13.2. The number of imide groups is 1. The second-order valence-corrected chi connectivity index (χ2v) is 10.6. The van der Waals surface area contributed by atoms with Crippen LogP contribution in [0.4, 0.5) is 10.1 Å². The number of halogens is 1. The third kappa shape index (κ3) is 5.01. The minimum Gasteiger partial charge on any atom is -0.454 e. The summed E-state index contributed by atoms with van der Waals surface area (Å²) in [6.07, 6.45) is 3.42. The fourth-order valence-corrected chi connectivity index (χ4v) is 5.78. The Bertz CT molecular complexity index is 1670. The number of aromatic nitrogens is 1. The van der Waals surface area contributed by atoms with Crippen molar-refractivity contribution in [3.8, 4) is 11.3 Å². The molecule has 8 heteroatoms. The number of rotatable bonds is 6. The van der Waals surface area contributed by atoms with E-state index < -0.39 is 24.2 Å². The second-order valence-electron chi connectivity index (χ2n) is 10.6. The maximum absolute atomic E-state index is 13.2. The zero-order valence-corrected chi connectivity index (χ0v) is 22.4. The lowest BCUT2D eigenvalue weighted by atomic mass is 9.81. The van der Waals surface area contributed by atoms with Crippen LogP contribution in [0, 0.1) is 24.6 Å². The van der Waals surface area contributed by atoms with E-state index >= 15 is 0 Å². The Hall–Kier alpha value is -4.72. The molecule has 1 saturated heterocycles. The minimum atomic E-state index is -0.688. The summed E-state index contributed by atoms with van der Waals surface area (Å²) in [5, 5.41) is 0.584. The largest absolute Gasteiger partial charge is 0.454 e. The molecule has 206 valence electrons. The summed E-state index contributed by atoms with van der Waals surface area (Å²) in [5.41, 5.74) is 3.69. The number of ketones is 1. The lowest BCUT2D eigenvalue weighted by Crippen LogP contribution is -2.30. The van der Waals surface area contributed by atoms with E-state index in [0.29, 0.717) is 27.8 Å². The molecule has 3 aromatic carbocycles. The number of fused-ring (bicyclic) bond motifs is 2. The van der Waals surface area contributed by atoms with Gasteiger partial charge in [-0.25, -0.2) is 14.2 Å². The number of carbonyl (C=O) groups is 4. The summed E-state index contributed by atoms with van der Waals surface area (Å²) in [6, 6.07) is 19.2. The van der Waals surface area contributed by atoms with E-state index in [1.807, 2.05) is 25.1 Å². The molecule has 7 nitrogen and oxygen atoms in total. The van der Waals surface area contributed by atoms with Crippen LogP contribution in [0.5, 0.6) is 0 Å². The van der Waals surface area contributed by atoms with Crippen LogP contribution in [0.3, 0.4) is 0 Å². The van der Waals surface area contributed by atoms with Crippen LogP contribution < -0.4 is 4.90 Å². The van der Waals surface area contributed by atoms with Crippen LogP contribution >= 0.6 is 0 Å². The zero-order chi connectivity index (χ0) is 28.7. The van der Waals surface area contributed by atoms with Crippen LogP contribution in [0.1, 0.15) is 52.0 Å². The third-order valence-corrected chi connectivity index (χ3v) is 7.95. The highest BCUT2D eigenvalue weighted by molar-refractivity contribution is 6.22. The Balaban J connectivity index is 1.28. The van der Waals surface area contributed by atoms with Gasteiger partial charge in [0.2, 0.25) is 11.8 Å². The van der Waals surface area contributed by atoms with Crippen molar-refractivity contribution in [3.05, 3.63) is 95.3 Å². The van der Waals surface area contributed by atoms with E-state index in [-0.39, 0.29) is 34.8 Å². The normalized spacial score (nSPS) is 18.4. The van der Waals surface area contributed by atoms with Crippen molar-refractivity contribution >= 4 is 40.2 Å². The van der Waals surface area contributed by atoms with Crippen molar-refractivity contribution in [2.45, 2.75) is 32.6 Å². The Morgan fingerprint density at radius 3 is 2.22 bits per heavy atom. The maximum Gasteiger partial charge on any atom is 0.339 e. The third-order valence-electron chi connectivity index (χ3n) is 7.95. The van der Waals surface area contributed by atoms with Crippen molar-refractivity contribution in [2.75, 3.05) is 11.5 Å². The summed E-state index contributed by atoms with van der Waals surface area (Å²) < 4.78 is 18.6. The lowest BCUT2D eigenvalue weighted by Gasteiger charge is -2.19. The van der Waals surface area contributed by atoms with Crippen LogP contribution in [0.2, 0.25) is 0 Å². The number of ether oxygens (including phenoxy) is 1. The zero-order valence-electron chi connectivity index (χ0n) is 22.4. The predicted molar refractivity (Wildman–Crippen MR) is 151 cm³/mol. The number of carbonyl (C=O) groups excluding carboxylic acids is 4. The summed E-state index contributed by atoms with van der Waals surface area (Å²) in [6.45, 7) is 1.40. The number of amides is 2. The van der Waals surface area contributed by atoms with E-state index in [9.17, 15) is 23.6 Å². The molecule has 2 heterocycles. The van der Waals surface area contributed by atoms with Crippen molar-refractivity contribution in [2.24, 2.45) is 11.8 Å². The Morgan fingerprint density at radius 1 is 0.902 bits per heavy atom. The number of hydrogen-bond acceptors (Lipinski definition) is 6. The molecule has 6 rings (SSSR count). The summed E-state index contributed by atoms with van der Waals surface area (Å²) in [7, 11) is 0. The Labute approximate surface area is 235 Å². The first-order chi connectivity index (χ1) is 19.8. The van der Waals surface area contributed by atoms with Crippen LogP contribution in [-0.4, -0.2) is 35.2 Å². The molecule has 4 aromatic rings. The molecule has 0 bridgehead atoms. The van der Waals surface area contributed by atoms with Gasteiger partial charge in [-0.05, 0) is 74.4 Å². The molecule has 1 aliphatic carbocycles. The molecule has 1 aliphatic heterocycles. The summed E-state index contributed by atoms with van der Waals surface area (Å²) in [5.74, 6) is -2.33. The standard InChI is InChI=1S/C33H27FN2O5/c1-19-6-15-28-26(16-19)27(33(40)41-18-30(37)21-7-11-22(34)12-8-21)17-29(35-28)20-9-13-23(14-10-20)36-31(38)24-4-2-3-5-25(24)32(36)39/h6-17,24-25H,2-5,18H2,1H3/t24-,25+. The molecule has 41 heavy (non-hydrogen) atoms. The number of pyridine rings is 1. The second kappa shape index (κ2) is 10.7. The molecule has 0 spiro atoms. The molecule has 2 fully saturated rings. The monoisotopic (exact) mass is 550 g/mol. The smallest absolute Gasteiger partial charge is 0.339 e. The number of nitrogens with zero attached hydrogens (tertiary/aromatic N) is 2. The van der Waals surface area contributed by atoms with Crippen molar-refractivity contribution in [1.82, 2.24) is 4.98 Å². The predicted octanol–water partition coefficient (Wildman–Crippen LogP) is 6.07. The molecule has 0 unspecified atom stereocenters. The van der Waals surface area contributed by atoms with Gasteiger partial charge in [-0.15, -0.1) is 0 Å². The van der Waals surface area contributed by atoms with E-state index in [1.165, 1.54) is 29.2 Å². The number of anilines is 1. The van der Waals surface area contributed by atoms with Gasteiger partial charge in [-0.3, -0.25) is 19.3 Å². The first kappa shape index (κ1) is 26.5. The average molecular weight is 551 g/mol. The molecule has 0 radical (unpaired) electrons. The Kier molecular flexibility index (Phi) is 6.91. The highest BCUT2D eigenvalue weighted by Crippen LogP contribution is 2.40. The molecule has 2 atom stereocenters. The van der Waals surface area contributed by atoms with Gasteiger partial charge in [-0.2, -0.15) is 0 Å². The van der Waals surface area contributed by atoms with Gasteiger partial charge in [0.25, 0.3) is 0 Å². The number of Topliss-reactive ketones (excluding diaryl/α,β-unsaturated/α-hetero) is 1.